The van der Waals surface area contributed by atoms with Crippen molar-refractivity contribution in [2.24, 2.45) is 0 Å². The van der Waals surface area contributed by atoms with Crippen LogP contribution in [0.15, 0.2) is 23.6 Å². The van der Waals surface area contributed by atoms with Crippen LogP contribution in [-0.2, 0) is 11.2 Å². The number of nitrogens with zero attached hydrogens (tertiary/aromatic N) is 2. The van der Waals surface area contributed by atoms with Crippen LogP contribution in [0.25, 0.3) is 10.6 Å². The van der Waals surface area contributed by atoms with E-state index in [9.17, 15) is 4.79 Å². The number of likely N-dealkylation sites (tertiary alicyclic amines) is 1. The maximum absolute atomic E-state index is 12.4. The van der Waals surface area contributed by atoms with Crippen LogP contribution in [-0.4, -0.2) is 42.0 Å². The van der Waals surface area contributed by atoms with Crippen molar-refractivity contribution in [2.45, 2.75) is 25.3 Å². The number of carbonyl (C=O) groups excluding carboxylic acids is 1. The number of hydrogen-bond donors (Lipinski definition) is 1. The maximum Gasteiger partial charge on any atom is 0.228 e. The van der Waals surface area contributed by atoms with Gasteiger partial charge in [-0.3, -0.25) is 4.79 Å². The van der Waals surface area contributed by atoms with Crippen molar-refractivity contribution in [3.63, 3.8) is 0 Å². The molecule has 1 aliphatic rings. The molecular formula is C17H21Cl4N3OS. The van der Waals surface area contributed by atoms with Crippen molar-refractivity contribution in [2.75, 3.05) is 20.1 Å². The van der Waals surface area contributed by atoms with Gasteiger partial charge in [-0.25, -0.2) is 4.98 Å². The number of nitrogens with one attached hydrogen (secondary N) is 1. The monoisotopic (exact) mass is 455 g/mol. The topological polar surface area (TPSA) is 45.2 Å². The van der Waals surface area contributed by atoms with Gasteiger partial charge in [-0.2, -0.15) is 0 Å². The van der Waals surface area contributed by atoms with Crippen LogP contribution in [0, 0.1) is 0 Å². The summed E-state index contributed by atoms with van der Waals surface area (Å²) in [6.07, 6.45) is 2.35. The summed E-state index contributed by atoms with van der Waals surface area (Å²) in [6.45, 7) is 1.62. The van der Waals surface area contributed by atoms with Gasteiger partial charge in [-0.05, 0) is 38.1 Å². The summed E-state index contributed by atoms with van der Waals surface area (Å²) in [6, 6.07) is 5.88. The quantitative estimate of drug-likeness (QED) is 0.724. The second kappa shape index (κ2) is 10.7. The molecule has 1 aliphatic heterocycles. The third-order valence-electron chi connectivity index (χ3n) is 4.30. The molecule has 1 aromatic carbocycles. The summed E-state index contributed by atoms with van der Waals surface area (Å²) in [5.74, 6) is 0.142. The average Bonchev–Trinajstić information content (AvgIpc) is 3.03. The number of piperidine rings is 1. The second-order valence-electron chi connectivity index (χ2n) is 5.89. The van der Waals surface area contributed by atoms with E-state index in [1.165, 1.54) is 11.3 Å². The molecule has 0 bridgehead atoms. The van der Waals surface area contributed by atoms with Gasteiger partial charge in [0, 0.05) is 35.1 Å². The molecule has 4 nitrogen and oxygen atoms in total. The van der Waals surface area contributed by atoms with Gasteiger partial charge >= 0.3 is 0 Å². The number of carbonyl (C=O) groups is 1. The van der Waals surface area contributed by atoms with E-state index in [0.717, 1.165) is 42.2 Å². The average molecular weight is 457 g/mol. The number of halogens is 4. The van der Waals surface area contributed by atoms with Gasteiger partial charge in [-0.1, -0.05) is 23.2 Å². The number of aromatic nitrogens is 1. The molecule has 0 aliphatic carbocycles. The lowest BCUT2D eigenvalue weighted by Crippen LogP contribution is -2.44. The Morgan fingerprint density at radius 1 is 1.31 bits per heavy atom. The molecule has 1 amide bonds. The minimum Gasteiger partial charge on any atom is -0.342 e. The fraction of sp³-hybridized carbons (Fsp3) is 0.412. The molecule has 0 saturated carbocycles. The van der Waals surface area contributed by atoms with Crippen LogP contribution < -0.4 is 5.32 Å². The number of rotatable bonds is 4. The highest BCUT2D eigenvalue weighted by molar-refractivity contribution is 7.13. The Morgan fingerprint density at radius 2 is 2.00 bits per heavy atom. The van der Waals surface area contributed by atoms with E-state index in [2.05, 4.69) is 10.3 Å². The summed E-state index contributed by atoms with van der Waals surface area (Å²) in [5, 5.41) is 7.19. The van der Waals surface area contributed by atoms with Crippen LogP contribution in [0.5, 0.6) is 0 Å². The van der Waals surface area contributed by atoms with Crippen molar-refractivity contribution in [3.05, 3.63) is 39.3 Å². The van der Waals surface area contributed by atoms with E-state index in [0.29, 0.717) is 22.5 Å². The SMILES string of the molecule is CNC1CCN(C(=O)Cc2csc(-c3ccc(Cl)cc3Cl)n2)CC1.Cl.Cl. The smallest absolute Gasteiger partial charge is 0.228 e. The Hall–Kier alpha value is -0.560. The van der Waals surface area contributed by atoms with E-state index in [4.69, 9.17) is 23.2 Å². The normalized spacial score (nSPS) is 14.5. The molecule has 26 heavy (non-hydrogen) atoms. The summed E-state index contributed by atoms with van der Waals surface area (Å²) in [5.41, 5.74) is 1.64. The molecule has 2 heterocycles. The lowest BCUT2D eigenvalue weighted by atomic mass is 10.0. The van der Waals surface area contributed by atoms with E-state index in [1.807, 2.05) is 23.4 Å². The lowest BCUT2D eigenvalue weighted by molar-refractivity contribution is -0.131. The summed E-state index contributed by atoms with van der Waals surface area (Å²) >= 11 is 13.7. The molecule has 0 unspecified atom stereocenters. The van der Waals surface area contributed by atoms with E-state index >= 15 is 0 Å². The number of hydrogen-bond acceptors (Lipinski definition) is 4. The molecule has 144 valence electrons. The minimum atomic E-state index is 0. The number of amides is 1. The van der Waals surface area contributed by atoms with Gasteiger partial charge in [0.05, 0.1) is 17.1 Å². The molecule has 1 N–H and O–H groups in total. The Bertz CT molecular complexity index is 733. The minimum absolute atomic E-state index is 0. The zero-order chi connectivity index (χ0) is 17.1. The first-order valence-electron chi connectivity index (χ1n) is 7.91. The van der Waals surface area contributed by atoms with Crippen LogP contribution in [0.2, 0.25) is 10.0 Å². The van der Waals surface area contributed by atoms with Crippen molar-refractivity contribution < 1.29 is 4.79 Å². The lowest BCUT2D eigenvalue weighted by Gasteiger charge is -2.31. The fourth-order valence-corrected chi connectivity index (χ4v) is 4.27. The molecule has 1 fully saturated rings. The van der Waals surface area contributed by atoms with E-state index in [1.54, 1.807) is 12.1 Å². The zero-order valence-electron chi connectivity index (χ0n) is 14.2. The zero-order valence-corrected chi connectivity index (χ0v) is 18.2. The van der Waals surface area contributed by atoms with Crippen LogP contribution in [0.1, 0.15) is 18.5 Å². The van der Waals surface area contributed by atoms with Crippen molar-refractivity contribution in [1.82, 2.24) is 15.2 Å². The Morgan fingerprint density at radius 3 is 2.62 bits per heavy atom. The molecule has 0 radical (unpaired) electrons. The van der Waals surface area contributed by atoms with Crippen molar-refractivity contribution in [1.29, 1.82) is 0 Å². The third kappa shape index (κ3) is 5.72. The highest BCUT2D eigenvalue weighted by Gasteiger charge is 2.22. The molecule has 1 aromatic heterocycles. The Balaban J connectivity index is 0.00000169. The third-order valence-corrected chi connectivity index (χ3v) is 5.77. The van der Waals surface area contributed by atoms with E-state index < -0.39 is 0 Å². The van der Waals surface area contributed by atoms with Gasteiger partial charge in [0.15, 0.2) is 0 Å². The molecule has 1 saturated heterocycles. The summed E-state index contributed by atoms with van der Waals surface area (Å²) < 4.78 is 0. The van der Waals surface area contributed by atoms with Gasteiger partial charge < -0.3 is 10.2 Å². The maximum atomic E-state index is 12.4. The number of thiazole rings is 1. The Labute approximate surface area is 180 Å². The highest BCUT2D eigenvalue weighted by Crippen LogP contribution is 2.32. The first-order chi connectivity index (χ1) is 11.6. The van der Waals surface area contributed by atoms with Crippen molar-refractivity contribution in [3.8, 4) is 10.6 Å². The van der Waals surface area contributed by atoms with Crippen molar-refractivity contribution >= 4 is 65.3 Å². The number of benzene rings is 1. The summed E-state index contributed by atoms with van der Waals surface area (Å²) in [7, 11) is 1.97. The van der Waals surface area contributed by atoms with E-state index in [-0.39, 0.29) is 30.7 Å². The van der Waals surface area contributed by atoms with Gasteiger partial charge in [-0.15, -0.1) is 36.2 Å². The van der Waals surface area contributed by atoms with Gasteiger partial charge in [0.25, 0.3) is 0 Å². The largest absolute Gasteiger partial charge is 0.342 e. The van der Waals surface area contributed by atoms with Gasteiger partial charge in [0.2, 0.25) is 5.91 Å². The Kier molecular flexibility index (Phi) is 9.65. The molecule has 2 aromatic rings. The van der Waals surface area contributed by atoms with Crippen LogP contribution in [0.3, 0.4) is 0 Å². The standard InChI is InChI=1S/C17H19Cl2N3OS.2ClH/c1-20-12-4-6-22(7-5-12)16(23)9-13-10-24-17(21-13)14-3-2-11(18)8-15(14)19;;/h2-3,8,10,12,20H,4-7,9H2,1H3;2*1H. The van der Waals surface area contributed by atoms with Crippen LogP contribution in [0.4, 0.5) is 0 Å². The first kappa shape index (κ1) is 23.5. The molecule has 3 rings (SSSR count). The molecule has 0 spiro atoms. The van der Waals surface area contributed by atoms with Crippen LogP contribution >= 0.6 is 59.4 Å². The fourth-order valence-electron chi connectivity index (χ4n) is 2.86. The highest BCUT2D eigenvalue weighted by atomic mass is 35.5. The van der Waals surface area contributed by atoms with Gasteiger partial charge in [0.1, 0.15) is 5.01 Å². The molecule has 9 heteroatoms. The first-order valence-corrected chi connectivity index (χ1v) is 9.55. The second-order valence-corrected chi connectivity index (χ2v) is 7.59. The molecule has 0 atom stereocenters. The molecular weight excluding hydrogens is 436 g/mol. The summed E-state index contributed by atoms with van der Waals surface area (Å²) in [4.78, 5) is 18.9. The predicted molar refractivity (Wildman–Crippen MR) is 114 cm³/mol. The predicted octanol–water partition coefficient (Wildman–Crippen LogP) is 4.71.